The number of halogens is 2. The summed E-state index contributed by atoms with van der Waals surface area (Å²) in [6, 6.07) is 8.41. The molecule has 1 aliphatic rings. The van der Waals surface area contributed by atoms with Gasteiger partial charge in [-0.1, -0.05) is 0 Å². The summed E-state index contributed by atoms with van der Waals surface area (Å²) in [5.41, 5.74) is 0.808. The van der Waals surface area contributed by atoms with Crippen LogP contribution in [0.3, 0.4) is 0 Å². The lowest BCUT2D eigenvalue weighted by molar-refractivity contribution is -0.121. The van der Waals surface area contributed by atoms with Gasteiger partial charge in [-0.05, 0) is 42.3 Å². The van der Waals surface area contributed by atoms with E-state index < -0.39 is 17.6 Å². The number of hydrogen-bond donors (Lipinski definition) is 1. The Kier molecular flexibility index (Phi) is 4.14. The predicted molar refractivity (Wildman–Crippen MR) is 80.7 cm³/mol. The monoisotopic (exact) mass is 319 g/mol. The van der Waals surface area contributed by atoms with Crippen molar-refractivity contribution in [3.8, 4) is 11.5 Å². The van der Waals surface area contributed by atoms with Crippen molar-refractivity contribution in [2.24, 2.45) is 5.92 Å². The van der Waals surface area contributed by atoms with Gasteiger partial charge in [0.15, 0.2) is 0 Å². The fourth-order valence-electron chi connectivity index (χ4n) is 2.49. The van der Waals surface area contributed by atoms with E-state index in [0.717, 1.165) is 17.7 Å². The average Bonchev–Trinajstić information content (AvgIpc) is 2.56. The predicted octanol–water partition coefficient (Wildman–Crippen LogP) is 3.16. The molecule has 0 aliphatic carbocycles. The molecular formula is C17H15F2NO3. The lowest BCUT2D eigenvalue weighted by Crippen LogP contribution is -2.32. The second kappa shape index (κ2) is 6.24. The highest BCUT2D eigenvalue weighted by atomic mass is 19.1. The number of carbonyl (C=O) groups is 1. The van der Waals surface area contributed by atoms with E-state index in [1.807, 2.05) is 6.07 Å². The largest absolute Gasteiger partial charge is 0.497 e. The molecule has 1 amide bonds. The topological polar surface area (TPSA) is 47.6 Å². The molecule has 0 unspecified atom stereocenters. The summed E-state index contributed by atoms with van der Waals surface area (Å²) in [6.07, 6.45) is 0.460. The minimum Gasteiger partial charge on any atom is -0.497 e. The first kappa shape index (κ1) is 15.3. The first-order chi connectivity index (χ1) is 11.1. The summed E-state index contributed by atoms with van der Waals surface area (Å²) in [5.74, 6) is -0.941. The molecule has 4 nitrogen and oxygen atoms in total. The number of anilines is 1. The third-order valence-electron chi connectivity index (χ3n) is 3.73. The zero-order chi connectivity index (χ0) is 16.4. The fraction of sp³-hybridized carbons (Fsp3) is 0.235. The van der Waals surface area contributed by atoms with Crippen LogP contribution in [0.25, 0.3) is 0 Å². The maximum atomic E-state index is 13.6. The van der Waals surface area contributed by atoms with Crippen molar-refractivity contribution in [2.75, 3.05) is 19.0 Å². The quantitative estimate of drug-likeness (QED) is 0.945. The molecule has 0 saturated heterocycles. The average molecular weight is 319 g/mol. The molecule has 0 radical (unpaired) electrons. The van der Waals surface area contributed by atoms with Crippen LogP contribution in [0.2, 0.25) is 0 Å². The molecule has 0 saturated carbocycles. The van der Waals surface area contributed by atoms with Gasteiger partial charge in [-0.3, -0.25) is 4.79 Å². The van der Waals surface area contributed by atoms with Gasteiger partial charge < -0.3 is 14.8 Å². The van der Waals surface area contributed by atoms with Crippen molar-refractivity contribution >= 4 is 11.6 Å². The van der Waals surface area contributed by atoms with Crippen LogP contribution in [-0.4, -0.2) is 19.6 Å². The van der Waals surface area contributed by atoms with Gasteiger partial charge in [0.2, 0.25) is 5.91 Å². The van der Waals surface area contributed by atoms with Crippen LogP contribution in [0.1, 0.15) is 5.56 Å². The molecular weight excluding hydrogens is 304 g/mol. The molecule has 2 aromatic carbocycles. The standard InChI is InChI=1S/C17H15F2NO3/c1-22-13-3-5-16-10(7-13)6-11(9-23-16)17(21)20-15-4-2-12(18)8-14(15)19/h2-5,7-8,11H,6,9H2,1H3,(H,20,21)/t11-/m1/s1. The lowest BCUT2D eigenvalue weighted by atomic mass is 9.95. The molecule has 1 atom stereocenters. The Morgan fingerprint density at radius 3 is 2.83 bits per heavy atom. The Hall–Kier alpha value is -2.63. The van der Waals surface area contributed by atoms with Crippen molar-refractivity contribution in [1.82, 2.24) is 0 Å². The molecule has 23 heavy (non-hydrogen) atoms. The first-order valence-corrected chi connectivity index (χ1v) is 7.12. The van der Waals surface area contributed by atoms with Crippen LogP contribution in [0.15, 0.2) is 36.4 Å². The van der Waals surface area contributed by atoms with Gasteiger partial charge >= 0.3 is 0 Å². The number of benzene rings is 2. The molecule has 1 heterocycles. The number of nitrogens with one attached hydrogen (secondary N) is 1. The van der Waals surface area contributed by atoms with Crippen LogP contribution in [0.5, 0.6) is 11.5 Å². The summed E-state index contributed by atoms with van der Waals surface area (Å²) >= 11 is 0. The van der Waals surface area contributed by atoms with E-state index in [2.05, 4.69) is 5.32 Å². The number of fused-ring (bicyclic) bond motifs is 1. The maximum Gasteiger partial charge on any atom is 0.231 e. The lowest BCUT2D eigenvalue weighted by Gasteiger charge is -2.25. The van der Waals surface area contributed by atoms with E-state index in [0.29, 0.717) is 17.9 Å². The second-order valence-electron chi connectivity index (χ2n) is 5.30. The van der Waals surface area contributed by atoms with Gasteiger partial charge in [-0.15, -0.1) is 0 Å². The van der Waals surface area contributed by atoms with Crippen molar-refractivity contribution in [3.05, 3.63) is 53.6 Å². The zero-order valence-corrected chi connectivity index (χ0v) is 12.4. The Morgan fingerprint density at radius 1 is 1.26 bits per heavy atom. The summed E-state index contributed by atoms with van der Waals surface area (Å²) in [5, 5.41) is 2.47. The van der Waals surface area contributed by atoms with Gasteiger partial charge in [0, 0.05) is 6.07 Å². The number of amides is 1. The van der Waals surface area contributed by atoms with Gasteiger partial charge in [0.05, 0.1) is 18.7 Å². The Bertz CT molecular complexity index is 749. The highest BCUT2D eigenvalue weighted by molar-refractivity contribution is 5.93. The number of ether oxygens (including phenoxy) is 2. The maximum absolute atomic E-state index is 13.6. The summed E-state index contributed by atoms with van der Waals surface area (Å²) in [7, 11) is 1.56. The van der Waals surface area contributed by atoms with Crippen molar-refractivity contribution in [3.63, 3.8) is 0 Å². The van der Waals surface area contributed by atoms with Gasteiger partial charge in [0.1, 0.15) is 29.7 Å². The number of methoxy groups -OCH3 is 1. The SMILES string of the molecule is COc1ccc2c(c1)C[C@@H](C(=O)Nc1ccc(F)cc1F)CO2. The molecule has 0 bridgehead atoms. The van der Waals surface area contributed by atoms with E-state index in [9.17, 15) is 13.6 Å². The van der Waals surface area contributed by atoms with E-state index in [4.69, 9.17) is 9.47 Å². The summed E-state index contributed by atoms with van der Waals surface area (Å²) in [6.45, 7) is 0.202. The zero-order valence-electron chi connectivity index (χ0n) is 12.4. The highest BCUT2D eigenvalue weighted by Crippen LogP contribution is 2.31. The van der Waals surface area contributed by atoms with Crippen LogP contribution in [0.4, 0.5) is 14.5 Å². The Balaban J connectivity index is 1.73. The minimum atomic E-state index is -0.808. The van der Waals surface area contributed by atoms with E-state index in [-0.39, 0.29) is 18.2 Å². The van der Waals surface area contributed by atoms with Crippen molar-refractivity contribution in [2.45, 2.75) is 6.42 Å². The van der Waals surface area contributed by atoms with Crippen LogP contribution in [-0.2, 0) is 11.2 Å². The van der Waals surface area contributed by atoms with Crippen LogP contribution >= 0.6 is 0 Å². The van der Waals surface area contributed by atoms with Crippen LogP contribution in [0, 0.1) is 17.6 Å². The van der Waals surface area contributed by atoms with E-state index in [1.54, 1.807) is 19.2 Å². The molecule has 0 spiro atoms. The molecule has 6 heteroatoms. The summed E-state index contributed by atoms with van der Waals surface area (Å²) in [4.78, 5) is 12.3. The minimum absolute atomic E-state index is 0.0483. The molecule has 0 aromatic heterocycles. The van der Waals surface area contributed by atoms with Crippen molar-refractivity contribution < 1.29 is 23.0 Å². The number of carbonyl (C=O) groups excluding carboxylic acids is 1. The molecule has 1 N–H and O–H groups in total. The second-order valence-corrected chi connectivity index (χ2v) is 5.30. The number of hydrogen-bond acceptors (Lipinski definition) is 3. The third kappa shape index (κ3) is 3.26. The highest BCUT2D eigenvalue weighted by Gasteiger charge is 2.27. The molecule has 0 fully saturated rings. The van der Waals surface area contributed by atoms with Gasteiger partial charge in [-0.2, -0.15) is 0 Å². The summed E-state index contributed by atoms with van der Waals surface area (Å²) < 4.78 is 37.2. The molecule has 2 aromatic rings. The van der Waals surface area contributed by atoms with Gasteiger partial charge in [-0.25, -0.2) is 8.78 Å². The normalized spacial score (nSPS) is 16.2. The van der Waals surface area contributed by atoms with E-state index in [1.165, 1.54) is 6.07 Å². The van der Waals surface area contributed by atoms with Crippen LogP contribution < -0.4 is 14.8 Å². The first-order valence-electron chi connectivity index (χ1n) is 7.12. The number of rotatable bonds is 3. The Labute approximate surface area is 132 Å². The third-order valence-corrected chi connectivity index (χ3v) is 3.73. The van der Waals surface area contributed by atoms with Crippen molar-refractivity contribution in [1.29, 1.82) is 0 Å². The Morgan fingerprint density at radius 2 is 2.09 bits per heavy atom. The molecule has 120 valence electrons. The molecule has 1 aliphatic heterocycles. The molecule has 3 rings (SSSR count). The fourth-order valence-corrected chi connectivity index (χ4v) is 2.49. The van der Waals surface area contributed by atoms with Gasteiger partial charge in [0.25, 0.3) is 0 Å². The smallest absolute Gasteiger partial charge is 0.231 e. The van der Waals surface area contributed by atoms with E-state index >= 15 is 0 Å².